The maximum Gasteiger partial charge on any atom is 0.227 e. The van der Waals surface area contributed by atoms with E-state index in [1.165, 1.54) is 17.0 Å². The Morgan fingerprint density at radius 3 is 2.85 bits per heavy atom. The number of hydrogen-bond donors (Lipinski definition) is 1. The lowest BCUT2D eigenvalue weighted by atomic mass is 10.1. The van der Waals surface area contributed by atoms with Crippen LogP contribution in [0.1, 0.15) is 12.0 Å². The van der Waals surface area contributed by atoms with Crippen molar-refractivity contribution in [2.24, 2.45) is 5.92 Å². The van der Waals surface area contributed by atoms with Crippen LogP contribution in [0.5, 0.6) is 5.75 Å². The summed E-state index contributed by atoms with van der Waals surface area (Å²) in [5.41, 5.74) is 1.55. The molecular weight excluding hydrogens is 335 g/mol. The highest BCUT2D eigenvalue weighted by Gasteiger charge is 2.35. The monoisotopic (exact) mass is 356 g/mol. The van der Waals surface area contributed by atoms with Gasteiger partial charge in [-0.25, -0.2) is 4.39 Å². The fourth-order valence-electron chi connectivity index (χ4n) is 3.08. The predicted octanol–water partition coefficient (Wildman–Crippen LogP) is 2.55. The summed E-state index contributed by atoms with van der Waals surface area (Å²) < 4.78 is 18.5. The number of benzene rings is 2. The highest BCUT2D eigenvalue weighted by molar-refractivity contribution is 6.00. The topological polar surface area (TPSA) is 58.6 Å². The zero-order valence-corrected chi connectivity index (χ0v) is 14.6. The fourth-order valence-corrected chi connectivity index (χ4v) is 3.08. The summed E-state index contributed by atoms with van der Waals surface area (Å²) in [6.07, 6.45) is 0.818. The Bertz CT molecular complexity index is 809. The van der Waals surface area contributed by atoms with Gasteiger partial charge in [0.25, 0.3) is 0 Å². The third-order valence-electron chi connectivity index (χ3n) is 4.46. The number of anilines is 1. The van der Waals surface area contributed by atoms with Gasteiger partial charge in [-0.2, -0.15) is 0 Å². The third-order valence-corrected chi connectivity index (χ3v) is 4.46. The molecule has 26 heavy (non-hydrogen) atoms. The Morgan fingerprint density at radius 2 is 2.08 bits per heavy atom. The SMILES string of the molecule is COc1cccc(CCNC(=O)C2CC(=O)N(c3cccc(F)c3)C2)c1. The van der Waals surface area contributed by atoms with Crippen LogP contribution in [-0.4, -0.2) is 32.0 Å². The van der Waals surface area contributed by atoms with Crippen LogP contribution in [0.4, 0.5) is 10.1 Å². The second-order valence-corrected chi connectivity index (χ2v) is 6.28. The van der Waals surface area contributed by atoms with Gasteiger partial charge in [-0.05, 0) is 42.3 Å². The first-order valence-corrected chi connectivity index (χ1v) is 8.53. The summed E-state index contributed by atoms with van der Waals surface area (Å²) in [7, 11) is 1.61. The number of rotatable bonds is 6. The molecule has 1 saturated heterocycles. The number of methoxy groups -OCH3 is 1. The minimum atomic E-state index is -0.420. The average Bonchev–Trinajstić information content (AvgIpc) is 3.04. The summed E-state index contributed by atoms with van der Waals surface area (Å²) >= 11 is 0. The lowest BCUT2D eigenvalue weighted by Gasteiger charge is -2.16. The molecule has 1 atom stereocenters. The molecule has 0 bridgehead atoms. The summed E-state index contributed by atoms with van der Waals surface area (Å²) in [5.74, 6) is -0.359. The van der Waals surface area contributed by atoms with Crippen molar-refractivity contribution in [3.05, 3.63) is 59.9 Å². The molecule has 1 fully saturated rings. The van der Waals surface area contributed by atoms with Crippen molar-refractivity contribution in [2.75, 3.05) is 25.1 Å². The quantitative estimate of drug-likeness (QED) is 0.865. The van der Waals surface area contributed by atoms with Gasteiger partial charge >= 0.3 is 0 Å². The molecule has 0 aromatic heterocycles. The van der Waals surface area contributed by atoms with Gasteiger partial charge in [0.15, 0.2) is 0 Å². The Kier molecular flexibility index (Phi) is 5.51. The zero-order valence-electron chi connectivity index (χ0n) is 14.6. The lowest BCUT2D eigenvalue weighted by Crippen LogP contribution is -2.34. The molecule has 5 nitrogen and oxygen atoms in total. The van der Waals surface area contributed by atoms with E-state index in [1.807, 2.05) is 24.3 Å². The molecule has 2 amide bonds. The molecule has 2 aromatic carbocycles. The third kappa shape index (κ3) is 4.20. The molecule has 1 N–H and O–H groups in total. The van der Waals surface area contributed by atoms with Crippen LogP contribution < -0.4 is 15.0 Å². The molecule has 3 rings (SSSR count). The Morgan fingerprint density at radius 1 is 1.27 bits per heavy atom. The van der Waals surface area contributed by atoms with Crippen LogP contribution in [0.25, 0.3) is 0 Å². The number of ether oxygens (including phenoxy) is 1. The first-order chi connectivity index (χ1) is 12.6. The molecule has 1 unspecified atom stereocenters. The normalized spacial score (nSPS) is 16.6. The summed E-state index contributed by atoms with van der Waals surface area (Å²) in [6.45, 7) is 0.754. The second-order valence-electron chi connectivity index (χ2n) is 6.28. The van der Waals surface area contributed by atoms with Crippen molar-refractivity contribution in [3.63, 3.8) is 0 Å². The number of amides is 2. The molecule has 0 saturated carbocycles. The Labute approximate surface area is 151 Å². The van der Waals surface area contributed by atoms with Crippen molar-refractivity contribution in [3.8, 4) is 5.75 Å². The molecule has 1 aliphatic heterocycles. The molecule has 6 heteroatoms. The molecule has 2 aromatic rings. The Hall–Kier alpha value is -2.89. The van der Waals surface area contributed by atoms with Gasteiger partial charge in [-0.15, -0.1) is 0 Å². The first-order valence-electron chi connectivity index (χ1n) is 8.53. The van der Waals surface area contributed by atoms with Crippen molar-refractivity contribution in [2.45, 2.75) is 12.8 Å². The minimum Gasteiger partial charge on any atom is -0.497 e. The fraction of sp³-hybridized carbons (Fsp3) is 0.300. The van der Waals surface area contributed by atoms with Crippen LogP contribution in [-0.2, 0) is 16.0 Å². The second kappa shape index (κ2) is 7.99. The number of carbonyl (C=O) groups excluding carboxylic acids is 2. The number of halogens is 1. The van der Waals surface area contributed by atoms with E-state index in [4.69, 9.17) is 4.74 Å². The summed E-state index contributed by atoms with van der Waals surface area (Å²) in [6, 6.07) is 13.5. The van der Waals surface area contributed by atoms with E-state index in [2.05, 4.69) is 5.32 Å². The maximum atomic E-state index is 13.4. The lowest BCUT2D eigenvalue weighted by molar-refractivity contribution is -0.126. The van der Waals surface area contributed by atoms with Gasteiger partial charge < -0.3 is 15.0 Å². The van der Waals surface area contributed by atoms with Gasteiger partial charge in [0.05, 0.1) is 13.0 Å². The molecule has 1 aliphatic rings. The highest BCUT2D eigenvalue weighted by Crippen LogP contribution is 2.25. The van der Waals surface area contributed by atoms with E-state index in [0.29, 0.717) is 18.7 Å². The standard InChI is InChI=1S/C20H21FN2O3/c1-26-18-7-2-4-14(10-18)8-9-22-20(25)15-11-19(24)23(13-15)17-6-3-5-16(21)12-17/h2-7,10,12,15H,8-9,11,13H2,1H3,(H,22,25). The zero-order chi connectivity index (χ0) is 18.5. The van der Waals surface area contributed by atoms with Crippen LogP contribution >= 0.6 is 0 Å². The molecule has 136 valence electrons. The summed E-state index contributed by atoms with van der Waals surface area (Å²) in [5, 5.41) is 2.88. The average molecular weight is 356 g/mol. The van der Waals surface area contributed by atoms with Crippen molar-refractivity contribution in [1.29, 1.82) is 0 Å². The van der Waals surface area contributed by atoms with Crippen LogP contribution in [0.3, 0.4) is 0 Å². The van der Waals surface area contributed by atoms with E-state index in [1.54, 1.807) is 19.2 Å². The molecule has 0 aliphatic carbocycles. The predicted molar refractivity (Wildman–Crippen MR) is 96.6 cm³/mol. The van der Waals surface area contributed by atoms with Gasteiger partial charge in [0.2, 0.25) is 11.8 Å². The van der Waals surface area contributed by atoms with E-state index in [9.17, 15) is 14.0 Å². The first kappa shape index (κ1) is 17.9. The van der Waals surface area contributed by atoms with Crippen molar-refractivity contribution in [1.82, 2.24) is 5.32 Å². The summed E-state index contributed by atoms with van der Waals surface area (Å²) in [4.78, 5) is 26.0. The number of carbonyl (C=O) groups is 2. The van der Waals surface area contributed by atoms with Gasteiger partial charge in [-0.1, -0.05) is 18.2 Å². The molecule has 1 heterocycles. The Balaban J connectivity index is 1.53. The van der Waals surface area contributed by atoms with Crippen LogP contribution in [0.15, 0.2) is 48.5 Å². The molecule has 0 spiro atoms. The van der Waals surface area contributed by atoms with E-state index in [-0.39, 0.29) is 24.8 Å². The number of hydrogen-bond acceptors (Lipinski definition) is 3. The largest absolute Gasteiger partial charge is 0.497 e. The maximum absolute atomic E-state index is 13.4. The van der Waals surface area contributed by atoms with Crippen molar-refractivity contribution < 1.29 is 18.7 Å². The molecule has 0 radical (unpaired) electrons. The van der Waals surface area contributed by atoms with E-state index >= 15 is 0 Å². The molecular formula is C20H21FN2O3. The van der Waals surface area contributed by atoms with E-state index < -0.39 is 11.7 Å². The van der Waals surface area contributed by atoms with Gasteiger partial charge in [-0.3, -0.25) is 9.59 Å². The highest BCUT2D eigenvalue weighted by atomic mass is 19.1. The smallest absolute Gasteiger partial charge is 0.227 e. The van der Waals surface area contributed by atoms with Crippen LogP contribution in [0, 0.1) is 11.7 Å². The van der Waals surface area contributed by atoms with Crippen molar-refractivity contribution >= 4 is 17.5 Å². The minimum absolute atomic E-state index is 0.140. The number of nitrogens with one attached hydrogen (secondary N) is 1. The van der Waals surface area contributed by atoms with Gasteiger partial charge in [0, 0.05) is 25.2 Å². The van der Waals surface area contributed by atoms with E-state index in [0.717, 1.165) is 11.3 Å². The van der Waals surface area contributed by atoms with Gasteiger partial charge in [0.1, 0.15) is 11.6 Å². The number of nitrogens with zero attached hydrogens (tertiary/aromatic N) is 1. The van der Waals surface area contributed by atoms with Crippen LogP contribution in [0.2, 0.25) is 0 Å².